The topological polar surface area (TPSA) is 55.2 Å². The van der Waals surface area contributed by atoms with Crippen molar-refractivity contribution in [1.82, 2.24) is 0 Å². The number of nitro benzene ring substituents is 1. The van der Waals surface area contributed by atoms with Crippen molar-refractivity contribution in [1.29, 1.82) is 0 Å². The number of hydrogen-bond acceptors (Lipinski definition) is 3. The second kappa shape index (κ2) is 5.74. The van der Waals surface area contributed by atoms with Crippen LogP contribution in [0.1, 0.15) is 22.3 Å². The summed E-state index contributed by atoms with van der Waals surface area (Å²) in [6.45, 7) is 6.42. The standard InChI is InChI=1S/C16H18N2O2/c1-11-5-4-6-14(7-11)10-17-15-9-16(18(19)20)13(3)8-12(15)2/h4-9,17H,10H2,1-3H3. The maximum Gasteiger partial charge on any atom is 0.274 e. The number of anilines is 1. The van der Waals surface area contributed by atoms with Gasteiger partial charge in [-0.25, -0.2) is 0 Å². The van der Waals surface area contributed by atoms with Gasteiger partial charge >= 0.3 is 0 Å². The minimum Gasteiger partial charge on any atom is -0.381 e. The van der Waals surface area contributed by atoms with Gasteiger partial charge in [0.2, 0.25) is 0 Å². The molecule has 0 aliphatic heterocycles. The van der Waals surface area contributed by atoms with E-state index in [-0.39, 0.29) is 10.6 Å². The van der Waals surface area contributed by atoms with E-state index in [1.807, 2.05) is 38.1 Å². The van der Waals surface area contributed by atoms with Crippen molar-refractivity contribution in [2.75, 3.05) is 5.32 Å². The van der Waals surface area contributed by atoms with Gasteiger partial charge in [-0.1, -0.05) is 29.8 Å². The lowest BCUT2D eigenvalue weighted by Crippen LogP contribution is -2.03. The zero-order valence-corrected chi connectivity index (χ0v) is 11.9. The van der Waals surface area contributed by atoms with E-state index in [9.17, 15) is 10.1 Å². The van der Waals surface area contributed by atoms with Crippen molar-refractivity contribution >= 4 is 11.4 Å². The minimum absolute atomic E-state index is 0.155. The molecule has 0 saturated carbocycles. The summed E-state index contributed by atoms with van der Waals surface area (Å²) in [5.41, 5.74) is 5.03. The predicted octanol–water partition coefficient (Wildman–Crippen LogP) is 4.13. The largest absolute Gasteiger partial charge is 0.381 e. The van der Waals surface area contributed by atoms with Crippen molar-refractivity contribution < 1.29 is 4.92 Å². The van der Waals surface area contributed by atoms with Crippen LogP contribution in [0.2, 0.25) is 0 Å². The van der Waals surface area contributed by atoms with E-state index in [4.69, 9.17) is 0 Å². The highest BCUT2D eigenvalue weighted by Gasteiger charge is 2.13. The first-order valence-electron chi connectivity index (χ1n) is 6.52. The SMILES string of the molecule is Cc1cccc(CNc2cc([N+](=O)[O-])c(C)cc2C)c1. The molecule has 2 rings (SSSR count). The Labute approximate surface area is 118 Å². The molecule has 0 bridgehead atoms. The summed E-state index contributed by atoms with van der Waals surface area (Å²) >= 11 is 0. The van der Waals surface area contributed by atoms with E-state index in [1.165, 1.54) is 5.56 Å². The van der Waals surface area contributed by atoms with E-state index < -0.39 is 0 Å². The predicted molar refractivity (Wildman–Crippen MR) is 81.1 cm³/mol. The van der Waals surface area contributed by atoms with Crippen LogP contribution >= 0.6 is 0 Å². The lowest BCUT2D eigenvalue weighted by atomic mass is 10.1. The monoisotopic (exact) mass is 270 g/mol. The molecular formula is C16H18N2O2. The van der Waals surface area contributed by atoms with Crippen LogP contribution in [0.5, 0.6) is 0 Å². The number of aryl methyl sites for hydroxylation is 3. The van der Waals surface area contributed by atoms with Crippen LogP contribution in [-0.2, 0) is 6.54 Å². The average Bonchev–Trinajstić information content (AvgIpc) is 2.37. The summed E-state index contributed by atoms with van der Waals surface area (Å²) in [5, 5.41) is 14.3. The zero-order chi connectivity index (χ0) is 14.7. The molecule has 4 nitrogen and oxygen atoms in total. The Balaban J connectivity index is 2.21. The molecule has 0 aliphatic rings. The number of nitrogens with one attached hydrogen (secondary N) is 1. The van der Waals surface area contributed by atoms with E-state index in [1.54, 1.807) is 13.0 Å². The van der Waals surface area contributed by atoms with Crippen LogP contribution in [0.4, 0.5) is 11.4 Å². The first-order chi connectivity index (χ1) is 9.47. The molecule has 0 fully saturated rings. The Morgan fingerprint density at radius 1 is 1.10 bits per heavy atom. The van der Waals surface area contributed by atoms with Gasteiger partial charge in [0.15, 0.2) is 0 Å². The van der Waals surface area contributed by atoms with Crippen LogP contribution in [-0.4, -0.2) is 4.92 Å². The summed E-state index contributed by atoms with van der Waals surface area (Å²) in [6, 6.07) is 11.7. The first-order valence-corrected chi connectivity index (χ1v) is 6.52. The number of benzene rings is 2. The van der Waals surface area contributed by atoms with Gasteiger partial charge in [0.05, 0.1) is 4.92 Å². The molecule has 20 heavy (non-hydrogen) atoms. The zero-order valence-electron chi connectivity index (χ0n) is 11.9. The maximum atomic E-state index is 11.0. The molecule has 0 amide bonds. The van der Waals surface area contributed by atoms with E-state index in [0.29, 0.717) is 12.1 Å². The smallest absolute Gasteiger partial charge is 0.274 e. The molecule has 0 unspecified atom stereocenters. The van der Waals surface area contributed by atoms with Crippen LogP contribution in [0, 0.1) is 30.9 Å². The maximum absolute atomic E-state index is 11.0. The molecule has 104 valence electrons. The van der Waals surface area contributed by atoms with Crippen LogP contribution < -0.4 is 5.32 Å². The third-order valence-electron chi connectivity index (χ3n) is 3.31. The lowest BCUT2D eigenvalue weighted by Gasteiger charge is -2.11. The summed E-state index contributed by atoms with van der Waals surface area (Å²) in [4.78, 5) is 10.6. The number of hydrogen-bond donors (Lipinski definition) is 1. The molecule has 0 saturated heterocycles. The van der Waals surface area contributed by atoms with Gasteiger partial charge < -0.3 is 5.32 Å². The molecular weight excluding hydrogens is 252 g/mol. The van der Waals surface area contributed by atoms with Crippen molar-refractivity contribution in [3.63, 3.8) is 0 Å². The van der Waals surface area contributed by atoms with Gasteiger partial charge in [-0.3, -0.25) is 10.1 Å². The van der Waals surface area contributed by atoms with E-state index in [2.05, 4.69) is 11.4 Å². The van der Waals surface area contributed by atoms with Gasteiger partial charge in [-0.15, -0.1) is 0 Å². The van der Waals surface area contributed by atoms with Gasteiger partial charge in [0, 0.05) is 23.9 Å². The highest BCUT2D eigenvalue weighted by molar-refractivity contribution is 5.60. The first kappa shape index (κ1) is 14.1. The van der Waals surface area contributed by atoms with Crippen LogP contribution in [0.15, 0.2) is 36.4 Å². The Morgan fingerprint density at radius 3 is 2.50 bits per heavy atom. The van der Waals surface area contributed by atoms with E-state index in [0.717, 1.165) is 16.8 Å². The van der Waals surface area contributed by atoms with Crippen LogP contribution in [0.3, 0.4) is 0 Å². The van der Waals surface area contributed by atoms with Gasteiger partial charge in [-0.05, 0) is 38.0 Å². The minimum atomic E-state index is -0.341. The van der Waals surface area contributed by atoms with Gasteiger partial charge in [0.1, 0.15) is 0 Å². The lowest BCUT2D eigenvalue weighted by molar-refractivity contribution is -0.385. The fraction of sp³-hybridized carbons (Fsp3) is 0.250. The third-order valence-corrected chi connectivity index (χ3v) is 3.31. The molecule has 0 radical (unpaired) electrons. The van der Waals surface area contributed by atoms with Crippen molar-refractivity contribution in [3.05, 3.63) is 68.8 Å². The quantitative estimate of drug-likeness (QED) is 0.671. The Kier molecular flexibility index (Phi) is 4.03. The Morgan fingerprint density at radius 2 is 1.85 bits per heavy atom. The fourth-order valence-corrected chi connectivity index (χ4v) is 2.25. The van der Waals surface area contributed by atoms with E-state index >= 15 is 0 Å². The van der Waals surface area contributed by atoms with Gasteiger partial charge in [-0.2, -0.15) is 0 Å². The molecule has 0 aromatic heterocycles. The molecule has 4 heteroatoms. The van der Waals surface area contributed by atoms with Crippen molar-refractivity contribution in [2.24, 2.45) is 0 Å². The molecule has 2 aromatic rings. The number of nitrogens with zero attached hydrogens (tertiary/aromatic N) is 1. The molecule has 0 atom stereocenters. The highest BCUT2D eigenvalue weighted by atomic mass is 16.6. The normalized spacial score (nSPS) is 10.3. The summed E-state index contributed by atoms with van der Waals surface area (Å²) in [6.07, 6.45) is 0. The molecule has 0 spiro atoms. The highest BCUT2D eigenvalue weighted by Crippen LogP contribution is 2.26. The second-order valence-corrected chi connectivity index (χ2v) is 5.05. The summed E-state index contributed by atoms with van der Waals surface area (Å²) in [5.74, 6) is 0. The molecule has 2 aromatic carbocycles. The molecule has 0 heterocycles. The number of nitro groups is 1. The van der Waals surface area contributed by atoms with Crippen molar-refractivity contribution in [2.45, 2.75) is 27.3 Å². The fourth-order valence-electron chi connectivity index (χ4n) is 2.25. The van der Waals surface area contributed by atoms with Crippen LogP contribution in [0.25, 0.3) is 0 Å². The molecule has 0 aliphatic carbocycles. The second-order valence-electron chi connectivity index (χ2n) is 5.05. The number of rotatable bonds is 4. The van der Waals surface area contributed by atoms with Gasteiger partial charge in [0.25, 0.3) is 5.69 Å². The Bertz CT molecular complexity index is 651. The van der Waals surface area contributed by atoms with Crippen molar-refractivity contribution in [3.8, 4) is 0 Å². The summed E-state index contributed by atoms with van der Waals surface area (Å²) < 4.78 is 0. The molecule has 1 N–H and O–H groups in total. The Hall–Kier alpha value is -2.36. The third kappa shape index (κ3) is 3.15. The summed E-state index contributed by atoms with van der Waals surface area (Å²) in [7, 11) is 0. The average molecular weight is 270 g/mol.